The van der Waals surface area contributed by atoms with Crippen molar-refractivity contribution in [2.24, 2.45) is 0 Å². The van der Waals surface area contributed by atoms with Crippen molar-refractivity contribution >= 4 is 0 Å². The Labute approximate surface area is 176 Å². The largest absolute Gasteiger partial charge is 0.314 e. The van der Waals surface area contributed by atoms with Gasteiger partial charge in [0.25, 0.3) is 0 Å². The summed E-state index contributed by atoms with van der Waals surface area (Å²) < 4.78 is 15.0. The van der Waals surface area contributed by atoms with E-state index in [0.717, 1.165) is 30.5 Å². The molecule has 2 aliphatic carbocycles. The van der Waals surface area contributed by atoms with Gasteiger partial charge in [0, 0.05) is 11.6 Å². The van der Waals surface area contributed by atoms with Gasteiger partial charge in [-0.3, -0.25) is 0 Å². The Balaban J connectivity index is 1.41. The maximum atomic E-state index is 15.0. The van der Waals surface area contributed by atoms with Gasteiger partial charge in [-0.05, 0) is 86.1 Å². The van der Waals surface area contributed by atoms with E-state index in [1.54, 1.807) is 6.07 Å². The van der Waals surface area contributed by atoms with E-state index in [0.29, 0.717) is 17.9 Å². The highest BCUT2D eigenvalue weighted by atomic mass is 19.1. The molecule has 4 rings (SSSR count). The first-order chi connectivity index (χ1) is 14.2. The molecule has 2 aromatic rings. The van der Waals surface area contributed by atoms with E-state index in [1.807, 2.05) is 6.07 Å². The molecule has 0 aliphatic heterocycles. The molecule has 1 nitrogen and oxygen atoms in total. The van der Waals surface area contributed by atoms with E-state index in [4.69, 9.17) is 0 Å². The van der Waals surface area contributed by atoms with Gasteiger partial charge < -0.3 is 5.32 Å². The van der Waals surface area contributed by atoms with E-state index < -0.39 is 0 Å². The molecule has 0 unspecified atom stereocenters. The summed E-state index contributed by atoms with van der Waals surface area (Å²) in [7, 11) is 0. The predicted octanol–water partition coefficient (Wildman–Crippen LogP) is 7.57. The Hall–Kier alpha value is -1.67. The van der Waals surface area contributed by atoms with Crippen LogP contribution in [0.4, 0.5) is 4.39 Å². The molecule has 1 N–H and O–H groups in total. The minimum absolute atomic E-state index is 0.0702. The van der Waals surface area contributed by atoms with Crippen LogP contribution in [-0.4, -0.2) is 12.6 Å². The average Bonchev–Trinajstić information content (AvgIpc) is 2.79. The molecule has 0 saturated heterocycles. The van der Waals surface area contributed by atoms with Gasteiger partial charge in [0.05, 0.1) is 0 Å². The number of hydrogen-bond donors (Lipinski definition) is 1. The van der Waals surface area contributed by atoms with Crippen LogP contribution in [0.5, 0.6) is 0 Å². The maximum absolute atomic E-state index is 15.0. The van der Waals surface area contributed by atoms with Crippen molar-refractivity contribution in [3.63, 3.8) is 0 Å². The number of benzene rings is 2. The lowest BCUT2D eigenvalue weighted by molar-refractivity contribution is 0.343. The van der Waals surface area contributed by atoms with E-state index in [-0.39, 0.29) is 5.82 Å². The fraction of sp³-hybridized carbons (Fsp3) is 0.556. The van der Waals surface area contributed by atoms with Gasteiger partial charge in [-0.25, -0.2) is 4.39 Å². The Morgan fingerprint density at radius 1 is 0.793 bits per heavy atom. The lowest BCUT2D eigenvalue weighted by Gasteiger charge is -2.29. The highest BCUT2D eigenvalue weighted by molar-refractivity contribution is 5.65. The first kappa shape index (κ1) is 20.6. The first-order valence-electron chi connectivity index (χ1n) is 11.9. The quantitative estimate of drug-likeness (QED) is 0.534. The standard InChI is InChI=1S/C27H36FN/c1-2-18-29-25-15-12-22(13-16-25)24-14-17-26(27(28)19-24)23-10-8-21(9-11-23)20-6-4-3-5-7-20/h8-11,14,17,19-20,22,25,29H,2-7,12-13,15-16,18H2,1H3. The fourth-order valence-corrected chi connectivity index (χ4v) is 5.37. The first-order valence-corrected chi connectivity index (χ1v) is 11.9. The van der Waals surface area contributed by atoms with Crippen molar-refractivity contribution in [1.29, 1.82) is 0 Å². The molecule has 0 amide bonds. The lowest BCUT2D eigenvalue weighted by atomic mass is 9.81. The SMILES string of the molecule is CCCNC1CCC(c2ccc(-c3ccc(C4CCCCC4)cc3)c(F)c2)CC1. The average molecular weight is 394 g/mol. The van der Waals surface area contributed by atoms with Gasteiger partial charge in [0.1, 0.15) is 5.82 Å². The third-order valence-electron chi connectivity index (χ3n) is 7.17. The second-order valence-corrected chi connectivity index (χ2v) is 9.20. The molecule has 2 heteroatoms. The molecule has 0 spiro atoms. The van der Waals surface area contributed by atoms with Crippen LogP contribution in [0.2, 0.25) is 0 Å². The summed E-state index contributed by atoms with van der Waals surface area (Å²) >= 11 is 0. The molecule has 2 fully saturated rings. The summed E-state index contributed by atoms with van der Waals surface area (Å²) in [5.74, 6) is 1.14. The zero-order chi connectivity index (χ0) is 20.1. The van der Waals surface area contributed by atoms with Crippen LogP contribution in [0.3, 0.4) is 0 Å². The summed E-state index contributed by atoms with van der Waals surface area (Å²) in [6, 6.07) is 15.3. The van der Waals surface area contributed by atoms with Gasteiger partial charge in [-0.15, -0.1) is 0 Å². The molecular weight excluding hydrogens is 357 g/mol. The summed E-state index contributed by atoms with van der Waals surface area (Å²) in [5.41, 5.74) is 4.35. The molecule has 2 saturated carbocycles. The van der Waals surface area contributed by atoms with Gasteiger partial charge >= 0.3 is 0 Å². The van der Waals surface area contributed by atoms with Crippen LogP contribution >= 0.6 is 0 Å². The lowest BCUT2D eigenvalue weighted by Crippen LogP contribution is -2.33. The van der Waals surface area contributed by atoms with E-state index in [9.17, 15) is 4.39 Å². The van der Waals surface area contributed by atoms with Crippen LogP contribution < -0.4 is 5.32 Å². The van der Waals surface area contributed by atoms with Crippen LogP contribution in [0.15, 0.2) is 42.5 Å². The van der Waals surface area contributed by atoms with Crippen molar-refractivity contribution < 1.29 is 4.39 Å². The van der Waals surface area contributed by atoms with E-state index in [1.165, 1.54) is 62.5 Å². The van der Waals surface area contributed by atoms with Crippen LogP contribution in [0, 0.1) is 5.82 Å². The number of nitrogens with one attached hydrogen (secondary N) is 1. The van der Waals surface area contributed by atoms with Gasteiger partial charge in [0.15, 0.2) is 0 Å². The highest BCUT2D eigenvalue weighted by Gasteiger charge is 2.23. The summed E-state index contributed by atoms with van der Waals surface area (Å²) in [5, 5.41) is 3.64. The van der Waals surface area contributed by atoms with E-state index in [2.05, 4.69) is 42.6 Å². The molecule has 0 atom stereocenters. The fourth-order valence-electron chi connectivity index (χ4n) is 5.37. The Morgan fingerprint density at radius 2 is 1.45 bits per heavy atom. The number of rotatable bonds is 6. The van der Waals surface area contributed by atoms with Gasteiger partial charge in [-0.1, -0.05) is 62.6 Å². The van der Waals surface area contributed by atoms with Crippen LogP contribution in [0.25, 0.3) is 11.1 Å². The topological polar surface area (TPSA) is 12.0 Å². The highest BCUT2D eigenvalue weighted by Crippen LogP contribution is 2.36. The number of hydrogen-bond acceptors (Lipinski definition) is 1. The Kier molecular flexibility index (Phi) is 7.02. The van der Waals surface area contributed by atoms with Crippen molar-refractivity contribution in [1.82, 2.24) is 5.32 Å². The normalized spacial score (nSPS) is 23.2. The second-order valence-electron chi connectivity index (χ2n) is 9.20. The van der Waals surface area contributed by atoms with E-state index >= 15 is 0 Å². The molecule has 2 aliphatic rings. The Morgan fingerprint density at radius 3 is 2.10 bits per heavy atom. The summed E-state index contributed by atoms with van der Waals surface area (Å²) in [6.07, 6.45) is 12.6. The van der Waals surface area contributed by atoms with Crippen molar-refractivity contribution in [2.75, 3.05) is 6.54 Å². The maximum Gasteiger partial charge on any atom is 0.131 e. The van der Waals surface area contributed by atoms with Crippen LogP contribution in [0.1, 0.15) is 94.1 Å². The van der Waals surface area contributed by atoms with Crippen LogP contribution in [-0.2, 0) is 0 Å². The summed E-state index contributed by atoms with van der Waals surface area (Å²) in [4.78, 5) is 0. The van der Waals surface area contributed by atoms with Crippen molar-refractivity contribution in [3.05, 3.63) is 59.4 Å². The smallest absolute Gasteiger partial charge is 0.131 e. The molecule has 2 aromatic carbocycles. The minimum atomic E-state index is -0.0702. The second kappa shape index (κ2) is 9.89. The van der Waals surface area contributed by atoms with Crippen molar-refractivity contribution in [2.45, 2.75) is 89.0 Å². The molecule has 156 valence electrons. The third-order valence-corrected chi connectivity index (χ3v) is 7.17. The van der Waals surface area contributed by atoms with Gasteiger partial charge in [0.2, 0.25) is 0 Å². The number of halogens is 1. The monoisotopic (exact) mass is 393 g/mol. The van der Waals surface area contributed by atoms with Crippen molar-refractivity contribution in [3.8, 4) is 11.1 Å². The molecule has 0 radical (unpaired) electrons. The van der Waals surface area contributed by atoms with Gasteiger partial charge in [-0.2, -0.15) is 0 Å². The molecule has 0 bridgehead atoms. The Bertz CT molecular complexity index is 768. The third kappa shape index (κ3) is 5.09. The molecule has 29 heavy (non-hydrogen) atoms. The predicted molar refractivity (Wildman–Crippen MR) is 121 cm³/mol. The zero-order valence-corrected chi connectivity index (χ0v) is 17.9. The molecule has 0 heterocycles. The molecule has 0 aromatic heterocycles. The zero-order valence-electron chi connectivity index (χ0n) is 17.9. The minimum Gasteiger partial charge on any atom is -0.314 e. The molecular formula is C27H36FN. The summed E-state index contributed by atoms with van der Waals surface area (Å²) in [6.45, 7) is 3.32.